The van der Waals surface area contributed by atoms with Crippen LogP contribution in [0.1, 0.15) is 28.0 Å². The number of benzene rings is 2. The lowest BCUT2D eigenvalue weighted by Gasteiger charge is -2.27. The lowest BCUT2D eigenvalue weighted by molar-refractivity contribution is -0.131. The second kappa shape index (κ2) is 9.21. The normalized spacial score (nSPS) is 12.9. The Bertz CT molecular complexity index is 1130. The largest absolute Gasteiger partial charge is 0.493 e. The Morgan fingerprint density at radius 1 is 1.06 bits per heavy atom. The Labute approximate surface area is 186 Å². The number of aromatic amines is 1. The van der Waals surface area contributed by atoms with Gasteiger partial charge in [-0.2, -0.15) is 0 Å². The molecule has 8 heteroatoms. The zero-order valence-corrected chi connectivity index (χ0v) is 18.5. The van der Waals surface area contributed by atoms with Crippen molar-refractivity contribution in [2.45, 2.75) is 19.4 Å². The highest BCUT2D eigenvalue weighted by atomic mass is 16.5. The molecule has 0 bridgehead atoms. The minimum Gasteiger partial charge on any atom is -0.493 e. The highest BCUT2D eigenvalue weighted by molar-refractivity contribution is 5.96. The summed E-state index contributed by atoms with van der Waals surface area (Å²) in [7, 11) is 4.50. The number of hydrogen-bond acceptors (Lipinski definition) is 5. The van der Waals surface area contributed by atoms with Gasteiger partial charge in [-0.05, 0) is 18.2 Å². The van der Waals surface area contributed by atoms with Gasteiger partial charge in [0.15, 0.2) is 11.5 Å². The predicted octanol–water partition coefficient (Wildman–Crippen LogP) is 2.90. The maximum atomic E-state index is 12.8. The van der Waals surface area contributed by atoms with Crippen molar-refractivity contribution in [3.05, 3.63) is 53.2 Å². The maximum Gasteiger partial charge on any atom is 0.251 e. The fourth-order valence-electron chi connectivity index (χ4n) is 4.13. The van der Waals surface area contributed by atoms with Gasteiger partial charge in [0.1, 0.15) is 0 Å². The number of nitrogens with one attached hydrogen (secondary N) is 2. The highest BCUT2D eigenvalue weighted by Gasteiger charge is 2.24. The van der Waals surface area contributed by atoms with E-state index in [1.165, 1.54) is 32.6 Å². The third-order valence-corrected chi connectivity index (χ3v) is 5.79. The predicted molar refractivity (Wildman–Crippen MR) is 120 cm³/mol. The first-order chi connectivity index (χ1) is 15.5. The molecule has 1 aromatic heterocycles. The lowest BCUT2D eigenvalue weighted by atomic mass is 10.0. The molecule has 32 heavy (non-hydrogen) atoms. The van der Waals surface area contributed by atoms with E-state index in [0.717, 1.165) is 17.3 Å². The van der Waals surface area contributed by atoms with Crippen molar-refractivity contribution in [1.82, 2.24) is 15.2 Å². The van der Waals surface area contributed by atoms with E-state index < -0.39 is 0 Å². The van der Waals surface area contributed by atoms with Crippen LogP contribution in [0.25, 0.3) is 10.9 Å². The van der Waals surface area contributed by atoms with Crippen molar-refractivity contribution < 1.29 is 23.8 Å². The molecule has 3 aromatic rings. The Kier molecular flexibility index (Phi) is 6.20. The summed E-state index contributed by atoms with van der Waals surface area (Å²) >= 11 is 0. The molecule has 8 nitrogen and oxygen atoms in total. The fourth-order valence-corrected chi connectivity index (χ4v) is 4.13. The summed E-state index contributed by atoms with van der Waals surface area (Å²) in [6.45, 7) is 1.49. The van der Waals surface area contributed by atoms with E-state index in [1.54, 1.807) is 12.1 Å². The second-order valence-corrected chi connectivity index (χ2v) is 7.61. The number of para-hydroxylation sites is 1. The summed E-state index contributed by atoms with van der Waals surface area (Å²) in [5, 5.41) is 3.97. The zero-order valence-electron chi connectivity index (χ0n) is 18.5. The van der Waals surface area contributed by atoms with Crippen molar-refractivity contribution >= 4 is 22.7 Å². The molecule has 1 aliphatic heterocycles. The van der Waals surface area contributed by atoms with Crippen LogP contribution in [0.3, 0.4) is 0 Å². The summed E-state index contributed by atoms with van der Waals surface area (Å²) in [6, 6.07) is 11.3. The SMILES string of the molecule is COc1cc(C(=O)NCCC(=O)N2CCc3[nH]c4ccccc4c3C2)cc(OC)c1OC. The number of rotatable bonds is 7. The molecule has 4 rings (SSSR count). The molecular formula is C24H27N3O5. The number of aromatic nitrogens is 1. The number of amides is 2. The molecule has 2 heterocycles. The van der Waals surface area contributed by atoms with E-state index in [0.29, 0.717) is 35.9 Å². The van der Waals surface area contributed by atoms with Crippen LogP contribution in [-0.2, 0) is 17.8 Å². The lowest BCUT2D eigenvalue weighted by Crippen LogP contribution is -2.37. The molecule has 1 aliphatic rings. The average Bonchev–Trinajstić information content (AvgIpc) is 3.20. The Morgan fingerprint density at radius 3 is 2.47 bits per heavy atom. The number of H-pyrrole nitrogens is 1. The molecule has 0 spiro atoms. The first kappa shape index (κ1) is 21.5. The van der Waals surface area contributed by atoms with Crippen LogP contribution in [0.4, 0.5) is 0 Å². The maximum absolute atomic E-state index is 12.8. The molecule has 2 aromatic carbocycles. The summed E-state index contributed by atoms with van der Waals surface area (Å²) in [5.41, 5.74) is 3.85. The van der Waals surface area contributed by atoms with Crippen LogP contribution in [0.5, 0.6) is 17.2 Å². The molecule has 0 atom stereocenters. The van der Waals surface area contributed by atoms with E-state index in [-0.39, 0.29) is 24.8 Å². The molecule has 0 unspecified atom stereocenters. The van der Waals surface area contributed by atoms with Crippen LogP contribution in [0.2, 0.25) is 0 Å². The molecule has 0 radical (unpaired) electrons. The Hall–Kier alpha value is -3.68. The van der Waals surface area contributed by atoms with Gasteiger partial charge in [-0.3, -0.25) is 9.59 Å². The zero-order chi connectivity index (χ0) is 22.7. The van der Waals surface area contributed by atoms with Crippen molar-refractivity contribution in [3.63, 3.8) is 0 Å². The van der Waals surface area contributed by atoms with Crippen molar-refractivity contribution in [3.8, 4) is 17.2 Å². The van der Waals surface area contributed by atoms with Crippen molar-refractivity contribution in [1.29, 1.82) is 0 Å². The molecule has 0 saturated carbocycles. The third-order valence-electron chi connectivity index (χ3n) is 5.79. The minimum atomic E-state index is -0.311. The van der Waals surface area contributed by atoms with Gasteiger partial charge in [0.05, 0.1) is 21.3 Å². The third kappa shape index (κ3) is 4.08. The molecule has 0 aliphatic carbocycles. The summed E-state index contributed by atoms with van der Waals surface area (Å²) < 4.78 is 15.9. The van der Waals surface area contributed by atoms with E-state index >= 15 is 0 Å². The quantitative estimate of drug-likeness (QED) is 0.593. The van der Waals surface area contributed by atoms with Crippen molar-refractivity contribution in [2.24, 2.45) is 0 Å². The molecule has 2 N–H and O–H groups in total. The molecule has 168 valence electrons. The second-order valence-electron chi connectivity index (χ2n) is 7.61. The fraction of sp³-hybridized carbons (Fsp3) is 0.333. The number of methoxy groups -OCH3 is 3. The number of carbonyl (C=O) groups is 2. The van der Waals surface area contributed by atoms with Gasteiger partial charge in [0.2, 0.25) is 11.7 Å². The van der Waals surface area contributed by atoms with Gasteiger partial charge in [-0.25, -0.2) is 0 Å². The number of carbonyl (C=O) groups excluding carboxylic acids is 2. The van der Waals surface area contributed by atoms with Gasteiger partial charge in [0.25, 0.3) is 5.91 Å². The number of fused-ring (bicyclic) bond motifs is 3. The molecule has 2 amide bonds. The smallest absolute Gasteiger partial charge is 0.251 e. The standard InChI is InChI=1S/C24H27N3O5/c1-30-20-12-15(13-21(31-2)23(20)32-3)24(29)25-10-8-22(28)27-11-9-19-17(14-27)16-6-4-5-7-18(16)26-19/h4-7,12-13,26H,8-11,14H2,1-3H3,(H,25,29). The number of ether oxygens (including phenoxy) is 3. The van der Waals surface area contributed by atoms with Crippen LogP contribution >= 0.6 is 0 Å². The van der Waals surface area contributed by atoms with Crippen LogP contribution in [-0.4, -0.2) is 56.1 Å². The van der Waals surface area contributed by atoms with Gasteiger partial charge >= 0.3 is 0 Å². The van der Waals surface area contributed by atoms with E-state index in [1.807, 2.05) is 17.0 Å². The molecule has 0 saturated heterocycles. The van der Waals surface area contributed by atoms with Crippen LogP contribution in [0.15, 0.2) is 36.4 Å². The van der Waals surface area contributed by atoms with Gasteiger partial charge in [-0.15, -0.1) is 0 Å². The first-order valence-electron chi connectivity index (χ1n) is 10.5. The Morgan fingerprint density at radius 2 is 1.78 bits per heavy atom. The summed E-state index contributed by atoms with van der Waals surface area (Å²) in [4.78, 5) is 30.7. The monoisotopic (exact) mass is 437 g/mol. The average molecular weight is 437 g/mol. The van der Waals surface area contributed by atoms with E-state index in [4.69, 9.17) is 14.2 Å². The first-order valence-corrected chi connectivity index (χ1v) is 10.5. The van der Waals surface area contributed by atoms with Gasteiger partial charge in [-0.1, -0.05) is 18.2 Å². The molecule has 0 fully saturated rings. The number of hydrogen-bond donors (Lipinski definition) is 2. The van der Waals surface area contributed by atoms with Crippen molar-refractivity contribution in [2.75, 3.05) is 34.4 Å². The van der Waals surface area contributed by atoms with Crippen LogP contribution < -0.4 is 19.5 Å². The van der Waals surface area contributed by atoms with Gasteiger partial charge < -0.3 is 29.4 Å². The van der Waals surface area contributed by atoms with Gasteiger partial charge in [0, 0.05) is 60.2 Å². The summed E-state index contributed by atoms with van der Waals surface area (Å²) in [5.74, 6) is 0.927. The topological polar surface area (TPSA) is 92.9 Å². The minimum absolute atomic E-state index is 0.0196. The van der Waals surface area contributed by atoms with Crippen LogP contribution in [0, 0.1) is 0 Å². The summed E-state index contributed by atoms with van der Waals surface area (Å²) in [6.07, 6.45) is 1.03. The number of nitrogens with zero attached hydrogens (tertiary/aromatic N) is 1. The highest BCUT2D eigenvalue weighted by Crippen LogP contribution is 2.38. The Balaban J connectivity index is 1.37. The van der Waals surface area contributed by atoms with E-state index in [9.17, 15) is 9.59 Å². The van der Waals surface area contributed by atoms with E-state index in [2.05, 4.69) is 22.4 Å². The molecular weight excluding hydrogens is 410 g/mol.